The summed E-state index contributed by atoms with van der Waals surface area (Å²) in [6.45, 7) is 4.58. The van der Waals surface area contributed by atoms with E-state index in [-0.39, 0.29) is 0 Å². The van der Waals surface area contributed by atoms with Gasteiger partial charge in [0.2, 0.25) is 0 Å². The first-order valence-electron chi connectivity index (χ1n) is 6.04. The van der Waals surface area contributed by atoms with Crippen LogP contribution in [0.1, 0.15) is 5.56 Å². The van der Waals surface area contributed by atoms with Gasteiger partial charge in [0, 0.05) is 31.9 Å². The topological polar surface area (TPSA) is 61.4 Å². The number of benzene rings is 1. The first-order chi connectivity index (χ1) is 8.66. The summed E-state index contributed by atoms with van der Waals surface area (Å²) in [4.78, 5) is 25.2. The number of nitrogens with zero attached hydrogens (tertiary/aromatic N) is 1. The van der Waals surface area contributed by atoms with Crippen LogP contribution < -0.4 is 10.6 Å². The van der Waals surface area contributed by atoms with Crippen molar-refractivity contribution in [3.05, 3.63) is 29.8 Å². The van der Waals surface area contributed by atoms with Crippen LogP contribution >= 0.6 is 0 Å². The fourth-order valence-electron chi connectivity index (χ4n) is 1.92. The van der Waals surface area contributed by atoms with E-state index in [1.54, 1.807) is 11.0 Å². The summed E-state index contributed by atoms with van der Waals surface area (Å²) in [5, 5.41) is 5.77. The molecule has 0 aromatic heterocycles. The molecular weight excluding hydrogens is 230 g/mol. The lowest BCUT2D eigenvalue weighted by Crippen LogP contribution is -2.49. The van der Waals surface area contributed by atoms with Gasteiger partial charge in [-0.25, -0.2) is 0 Å². The maximum absolute atomic E-state index is 11.9. The molecule has 0 atom stereocenters. The molecule has 96 valence electrons. The molecule has 1 heterocycles. The molecule has 0 saturated carbocycles. The zero-order valence-corrected chi connectivity index (χ0v) is 10.4. The Bertz CT molecular complexity index is 453. The predicted octanol–water partition coefficient (Wildman–Crippen LogP) is 0.365. The highest BCUT2D eigenvalue weighted by Gasteiger charge is 2.23. The first-order valence-corrected chi connectivity index (χ1v) is 6.04. The van der Waals surface area contributed by atoms with E-state index in [0.29, 0.717) is 18.8 Å². The zero-order valence-electron chi connectivity index (χ0n) is 10.4. The van der Waals surface area contributed by atoms with Crippen molar-refractivity contribution in [2.75, 3.05) is 31.5 Å². The second kappa shape index (κ2) is 5.64. The Balaban J connectivity index is 1.96. The van der Waals surface area contributed by atoms with Gasteiger partial charge in [0.05, 0.1) is 0 Å². The van der Waals surface area contributed by atoms with Gasteiger partial charge >= 0.3 is 11.8 Å². The van der Waals surface area contributed by atoms with E-state index in [1.165, 1.54) is 0 Å². The Hall–Kier alpha value is -1.88. The van der Waals surface area contributed by atoms with Crippen molar-refractivity contribution in [1.29, 1.82) is 0 Å². The molecule has 1 aliphatic rings. The van der Waals surface area contributed by atoms with Crippen LogP contribution in [-0.2, 0) is 9.59 Å². The zero-order chi connectivity index (χ0) is 13.0. The number of piperazine rings is 1. The fourth-order valence-corrected chi connectivity index (χ4v) is 1.92. The van der Waals surface area contributed by atoms with Crippen molar-refractivity contribution in [3.8, 4) is 0 Å². The number of hydrogen-bond acceptors (Lipinski definition) is 3. The second-order valence-corrected chi connectivity index (χ2v) is 4.37. The second-order valence-electron chi connectivity index (χ2n) is 4.37. The molecule has 1 fully saturated rings. The number of hydrogen-bond donors (Lipinski definition) is 2. The van der Waals surface area contributed by atoms with Gasteiger partial charge in [-0.2, -0.15) is 0 Å². The largest absolute Gasteiger partial charge is 0.332 e. The SMILES string of the molecule is Cc1cccc(NC(=O)C(=O)N2CCNCC2)c1. The van der Waals surface area contributed by atoms with E-state index in [4.69, 9.17) is 0 Å². The summed E-state index contributed by atoms with van der Waals surface area (Å²) in [6, 6.07) is 7.40. The van der Waals surface area contributed by atoms with Crippen LogP contribution in [0.5, 0.6) is 0 Å². The minimum Gasteiger partial charge on any atom is -0.332 e. The van der Waals surface area contributed by atoms with Crippen LogP contribution in [0.15, 0.2) is 24.3 Å². The predicted molar refractivity (Wildman–Crippen MR) is 69.3 cm³/mol. The number of nitrogens with one attached hydrogen (secondary N) is 2. The molecule has 2 rings (SSSR count). The molecule has 0 spiro atoms. The third kappa shape index (κ3) is 3.07. The molecule has 1 saturated heterocycles. The molecule has 2 N–H and O–H groups in total. The maximum Gasteiger partial charge on any atom is 0.313 e. The van der Waals surface area contributed by atoms with Gasteiger partial charge in [-0.3, -0.25) is 9.59 Å². The van der Waals surface area contributed by atoms with Gasteiger partial charge in [0.25, 0.3) is 0 Å². The Labute approximate surface area is 106 Å². The molecule has 0 aliphatic carbocycles. The molecule has 1 aromatic rings. The van der Waals surface area contributed by atoms with Crippen molar-refractivity contribution in [2.24, 2.45) is 0 Å². The van der Waals surface area contributed by atoms with Gasteiger partial charge in [0.1, 0.15) is 0 Å². The standard InChI is InChI=1S/C13H17N3O2/c1-10-3-2-4-11(9-10)15-12(17)13(18)16-7-5-14-6-8-16/h2-4,9,14H,5-8H2,1H3,(H,15,17). The summed E-state index contributed by atoms with van der Waals surface area (Å²) in [5.41, 5.74) is 1.70. The highest BCUT2D eigenvalue weighted by Crippen LogP contribution is 2.09. The summed E-state index contributed by atoms with van der Waals surface area (Å²) in [7, 11) is 0. The normalized spacial score (nSPS) is 15.3. The van der Waals surface area contributed by atoms with E-state index >= 15 is 0 Å². The van der Waals surface area contributed by atoms with Gasteiger partial charge in [0.15, 0.2) is 0 Å². The van der Waals surface area contributed by atoms with E-state index in [1.807, 2.05) is 25.1 Å². The number of carbonyl (C=O) groups is 2. The maximum atomic E-state index is 11.9. The summed E-state index contributed by atoms with van der Waals surface area (Å²) >= 11 is 0. The third-order valence-corrected chi connectivity index (χ3v) is 2.87. The molecule has 0 radical (unpaired) electrons. The minimum absolute atomic E-state index is 0.460. The van der Waals surface area contributed by atoms with Crippen LogP contribution in [0.25, 0.3) is 0 Å². The molecule has 5 nitrogen and oxygen atoms in total. The van der Waals surface area contributed by atoms with Crippen molar-refractivity contribution in [3.63, 3.8) is 0 Å². The summed E-state index contributed by atoms with van der Waals surface area (Å²) in [5.74, 6) is -1.03. The Morgan fingerprint density at radius 3 is 2.67 bits per heavy atom. The van der Waals surface area contributed by atoms with Crippen LogP contribution in [0.2, 0.25) is 0 Å². The van der Waals surface area contributed by atoms with Gasteiger partial charge < -0.3 is 15.5 Å². The number of amides is 2. The van der Waals surface area contributed by atoms with Gasteiger partial charge in [-0.05, 0) is 24.6 Å². The first kappa shape index (κ1) is 12.6. The Kier molecular flexibility index (Phi) is 3.94. The molecule has 1 aromatic carbocycles. The van der Waals surface area contributed by atoms with Crippen LogP contribution in [0.3, 0.4) is 0 Å². The fraction of sp³-hybridized carbons (Fsp3) is 0.385. The number of rotatable bonds is 1. The lowest BCUT2D eigenvalue weighted by Gasteiger charge is -2.26. The van der Waals surface area contributed by atoms with E-state index in [9.17, 15) is 9.59 Å². The van der Waals surface area contributed by atoms with Crippen LogP contribution in [0.4, 0.5) is 5.69 Å². The number of carbonyl (C=O) groups excluding carboxylic acids is 2. The Morgan fingerprint density at radius 2 is 2.00 bits per heavy atom. The van der Waals surface area contributed by atoms with E-state index < -0.39 is 11.8 Å². The van der Waals surface area contributed by atoms with E-state index in [2.05, 4.69) is 10.6 Å². The van der Waals surface area contributed by atoms with Crippen molar-refractivity contribution >= 4 is 17.5 Å². The van der Waals surface area contributed by atoms with Gasteiger partial charge in [-0.1, -0.05) is 12.1 Å². The van der Waals surface area contributed by atoms with Crippen molar-refractivity contribution in [2.45, 2.75) is 6.92 Å². The van der Waals surface area contributed by atoms with Gasteiger partial charge in [-0.15, -0.1) is 0 Å². The third-order valence-electron chi connectivity index (χ3n) is 2.87. The van der Waals surface area contributed by atoms with Crippen molar-refractivity contribution < 1.29 is 9.59 Å². The molecule has 18 heavy (non-hydrogen) atoms. The lowest BCUT2D eigenvalue weighted by molar-refractivity contribution is -0.143. The molecular formula is C13H17N3O2. The molecule has 1 aliphatic heterocycles. The quantitative estimate of drug-likeness (QED) is 0.705. The molecule has 5 heteroatoms. The van der Waals surface area contributed by atoms with Crippen LogP contribution in [0, 0.1) is 6.92 Å². The average molecular weight is 247 g/mol. The minimum atomic E-state index is -0.567. The Morgan fingerprint density at radius 1 is 1.28 bits per heavy atom. The van der Waals surface area contributed by atoms with Crippen molar-refractivity contribution in [1.82, 2.24) is 10.2 Å². The highest BCUT2D eigenvalue weighted by atomic mass is 16.2. The monoisotopic (exact) mass is 247 g/mol. The number of aryl methyl sites for hydroxylation is 1. The molecule has 0 unspecified atom stereocenters. The number of anilines is 1. The average Bonchev–Trinajstić information content (AvgIpc) is 2.39. The van der Waals surface area contributed by atoms with Crippen LogP contribution in [-0.4, -0.2) is 42.9 Å². The smallest absolute Gasteiger partial charge is 0.313 e. The summed E-state index contributed by atoms with van der Waals surface area (Å²) in [6.07, 6.45) is 0. The molecule has 2 amide bonds. The summed E-state index contributed by atoms with van der Waals surface area (Å²) < 4.78 is 0. The lowest BCUT2D eigenvalue weighted by atomic mass is 10.2. The molecule has 0 bridgehead atoms. The highest BCUT2D eigenvalue weighted by molar-refractivity contribution is 6.39. The van der Waals surface area contributed by atoms with E-state index in [0.717, 1.165) is 18.7 Å².